The molecule has 0 aliphatic heterocycles. The van der Waals surface area contributed by atoms with Gasteiger partial charge in [0.15, 0.2) is 0 Å². The number of hydrogen-bond acceptors (Lipinski definition) is 3. The number of thioether (sulfide) groups is 1. The van der Waals surface area contributed by atoms with Crippen molar-refractivity contribution in [1.82, 2.24) is 10.3 Å². The lowest BCUT2D eigenvalue weighted by Gasteiger charge is -2.11. The van der Waals surface area contributed by atoms with Crippen LogP contribution in [0.25, 0.3) is 0 Å². The van der Waals surface area contributed by atoms with Gasteiger partial charge in [-0.15, -0.1) is 11.8 Å². The van der Waals surface area contributed by atoms with Gasteiger partial charge in [0.1, 0.15) is 0 Å². The summed E-state index contributed by atoms with van der Waals surface area (Å²) in [6, 6.07) is 11.5. The molecule has 0 radical (unpaired) electrons. The normalized spacial score (nSPS) is 10.6. The van der Waals surface area contributed by atoms with Gasteiger partial charge in [0.05, 0.1) is 5.56 Å². The molecule has 1 N–H and O–H groups in total. The van der Waals surface area contributed by atoms with E-state index in [1.807, 2.05) is 36.4 Å². The average molecular weight is 286 g/mol. The van der Waals surface area contributed by atoms with Crippen LogP contribution in [-0.4, -0.2) is 16.1 Å². The molecule has 0 aliphatic carbocycles. The predicted molar refractivity (Wildman–Crippen MR) is 82.8 cm³/mol. The molecule has 1 aromatic heterocycles. The maximum absolute atomic E-state index is 12.3. The minimum absolute atomic E-state index is 0.0439. The average Bonchev–Trinajstić information content (AvgIpc) is 2.46. The second-order valence-electron chi connectivity index (χ2n) is 4.71. The molecule has 1 amide bonds. The van der Waals surface area contributed by atoms with E-state index in [9.17, 15) is 4.79 Å². The molecule has 1 aromatic carbocycles. The lowest BCUT2D eigenvalue weighted by Crippen LogP contribution is -2.23. The summed E-state index contributed by atoms with van der Waals surface area (Å²) < 4.78 is 0. The number of nitrogens with zero attached hydrogens (tertiary/aromatic N) is 1. The topological polar surface area (TPSA) is 42.0 Å². The number of pyridine rings is 1. The molecule has 0 bridgehead atoms. The van der Waals surface area contributed by atoms with Gasteiger partial charge in [-0.05, 0) is 23.8 Å². The van der Waals surface area contributed by atoms with Crippen LogP contribution < -0.4 is 5.32 Å². The van der Waals surface area contributed by atoms with E-state index in [0.29, 0.717) is 11.8 Å². The SMILES string of the molecule is CC(C)Sc1ccccc1C(=O)NCc1cccnc1. The number of hydrogen-bond donors (Lipinski definition) is 1. The third-order valence-corrected chi connectivity index (χ3v) is 3.75. The van der Waals surface area contributed by atoms with Gasteiger partial charge >= 0.3 is 0 Å². The zero-order valence-corrected chi connectivity index (χ0v) is 12.5. The number of rotatable bonds is 5. The Hall–Kier alpha value is -1.81. The molecule has 0 aliphatic rings. The van der Waals surface area contributed by atoms with Crippen LogP contribution in [0.15, 0.2) is 53.7 Å². The van der Waals surface area contributed by atoms with Crippen LogP contribution in [0.1, 0.15) is 29.8 Å². The molecule has 0 fully saturated rings. The zero-order valence-electron chi connectivity index (χ0n) is 11.7. The molecule has 2 aromatic rings. The van der Waals surface area contributed by atoms with Gasteiger partial charge in [-0.3, -0.25) is 9.78 Å². The summed E-state index contributed by atoms with van der Waals surface area (Å²) in [4.78, 5) is 17.3. The molecule has 0 saturated carbocycles. The largest absolute Gasteiger partial charge is 0.348 e. The number of carbonyl (C=O) groups excluding carboxylic acids is 1. The van der Waals surface area contributed by atoms with Gasteiger partial charge < -0.3 is 5.32 Å². The Morgan fingerprint density at radius 2 is 2.05 bits per heavy atom. The first-order chi connectivity index (χ1) is 9.66. The van der Waals surface area contributed by atoms with Crippen molar-refractivity contribution in [1.29, 1.82) is 0 Å². The zero-order chi connectivity index (χ0) is 14.4. The maximum atomic E-state index is 12.3. The van der Waals surface area contributed by atoms with Crippen molar-refractivity contribution in [2.24, 2.45) is 0 Å². The van der Waals surface area contributed by atoms with Crippen LogP contribution in [0.5, 0.6) is 0 Å². The molecule has 104 valence electrons. The molecular formula is C16H18N2OS. The molecule has 0 atom stereocenters. The van der Waals surface area contributed by atoms with Crippen molar-refractivity contribution >= 4 is 17.7 Å². The molecular weight excluding hydrogens is 268 g/mol. The van der Waals surface area contributed by atoms with E-state index < -0.39 is 0 Å². The van der Waals surface area contributed by atoms with Crippen molar-refractivity contribution in [2.45, 2.75) is 30.5 Å². The van der Waals surface area contributed by atoms with Crippen LogP contribution in [0.3, 0.4) is 0 Å². The minimum Gasteiger partial charge on any atom is -0.348 e. The number of amides is 1. The van der Waals surface area contributed by atoms with E-state index in [1.54, 1.807) is 24.2 Å². The van der Waals surface area contributed by atoms with E-state index in [2.05, 4.69) is 24.1 Å². The summed E-state index contributed by atoms with van der Waals surface area (Å²) in [7, 11) is 0. The number of aromatic nitrogens is 1. The first-order valence-corrected chi connectivity index (χ1v) is 7.47. The molecule has 1 heterocycles. The highest BCUT2D eigenvalue weighted by Crippen LogP contribution is 2.26. The highest BCUT2D eigenvalue weighted by Gasteiger charge is 2.12. The Morgan fingerprint density at radius 1 is 1.25 bits per heavy atom. The number of nitrogens with one attached hydrogen (secondary N) is 1. The summed E-state index contributed by atoms with van der Waals surface area (Å²) in [5, 5.41) is 3.38. The van der Waals surface area contributed by atoms with Crippen LogP contribution in [0, 0.1) is 0 Å². The van der Waals surface area contributed by atoms with Crippen LogP contribution in [0.2, 0.25) is 0 Å². The first-order valence-electron chi connectivity index (χ1n) is 6.59. The van der Waals surface area contributed by atoms with Gasteiger partial charge in [0.25, 0.3) is 5.91 Å². The van der Waals surface area contributed by atoms with Gasteiger partial charge in [0, 0.05) is 29.1 Å². The molecule has 0 saturated heterocycles. The van der Waals surface area contributed by atoms with Crippen molar-refractivity contribution in [3.63, 3.8) is 0 Å². The highest BCUT2D eigenvalue weighted by atomic mass is 32.2. The van der Waals surface area contributed by atoms with E-state index in [1.165, 1.54) is 0 Å². The van der Waals surface area contributed by atoms with Gasteiger partial charge in [-0.1, -0.05) is 32.0 Å². The van der Waals surface area contributed by atoms with Crippen molar-refractivity contribution < 1.29 is 4.79 Å². The molecule has 4 heteroatoms. The van der Waals surface area contributed by atoms with Crippen LogP contribution in [-0.2, 0) is 6.54 Å². The van der Waals surface area contributed by atoms with E-state index >= 15 is 0 Å². The molecule has 0 spiro atoms. The van der Waals surface area contributed by atoms with Gasteiger partial charge in [-0.2, -0.15) is 0 Å². The summed E-state index contributed by atoms with van der Waals surface area (Å²) in [6.07, 6.45) is 3.48. The van der Waals surface area contributed by atoms with Crippen LogP contribution >= 0.6 is 11.8 Å². The Kier molecular flexibility index (Phi) is 5.18. The summed E-state index contributed by atoms with van der Waals surface area (Å²) >= 11 is 1.70. The lowest BCUT2D eigenvalue weighted by molar-refractivity contribution is 0.0948. The highest BCUT2D eigenvalue weighted by molar-refractivity contribution is 8.00. The quantitative estimate of drug-likeness (QED) is 0.855. The maximum Gasteiger partial charge on any atom is 0.252 e. The molecule has 2 rings (SSSR count). The fraction of sp³-hybridized carbons (Fsp3) is 0.250. The Morgan fingerprint density at radius 3 is 2.75 bits per heavy atom. The molecule has 3 nitrogen and oxygen atoms in total. The summed E-state index contributed by atoms with van der Waals surface area (Å²) in [5.74, 6) is -0.0439. The monoisotopic (exact) mass is 286 g/mol. The third kappa shape index (κ3) is 4.10. The first kappa shape index (κ1) is 14.6. The minimum atomic E-state index is -0.0439. The number of benzene rings is 1. The van der Waals surface area contributed by atoms with Gasteiger partial charge in [0.2, 0.25) is 0 Å². The molecule has 20 heavy (non-hydrogen) atoms. The fourth-order valence-electron chi connectivity index (χ4n) is 1.79. The summed E-state index contributed by atoms with van der Waals surface area (Å²) in [6.45, 7) is 4.73. The predicted octanol–water partition coefficient (Wildman–Crippen LogP) is 3.51. The van der Waals surface area contributed by atoms with Crippen molar-refractivity contribution in [3.05, 3.63) is 59.9 Å². The van der Waals surface area contributed by atoms with E-state index in [0.717, 1.165) is 16.0 Å². The second-order valence-corrected chi connectivity index (χ2v) is 6.33. The van der Waals surface area contributed by atoms with E-state index in [-0.39, 0.29) is 5.91 Å². The summed E-state index contributed by atoms with van der Waals surface area (Å²) in [5.41, 5.74) is 1.73. The van der Waals surface area contributed by atoms with Crippen molar-refractivity contribution in [3.8, 4) is 0 Å². The standard InChI is InChI=1S/C16H18N2OS/c1-12(2)20-15-8-4-3-7-14(15)16(19)18-11-13-6-5-9-17-10-13/h3-10,12H,11H2,1-2H3,(H,18,19). The number of carbonyl (C=O) groups is 1. The fourth-order valence-corrected chi connectivity index (χ4v) is 2.74. The molecule has 0 unspecified atom stereocenters. The second kappa shape index (κ2) is 7.10. The van der Waals surface area contributed by atoms with Crippen LogP contribution in [0.4, 0.5) is 0 Å². The Bertz CT molecular complexity index is 570. The lowest BCUT2D eigenvalue weighted by atomic mass is 10.2. The van der Waals surface area contributed by atoms with Gasteiger partial charge in [-0.25, -0.2) is 0 Å². The Balaban J connectivity index is 2.05. The third-order valence-electron chi connectivity index (χ3n) is 2.67. The Labute approximate surface area is 123 Å². The van der Waals surface area contributed by atoms with E-state index in [4.69, 9.17) is 0 Å². The van der Waals surface area contributed by atoms with Crippen molar-refractivity contribution in [2.75, 3.05) is 0 Å². The smallest absolute Gasteiger partial charge is 0.252 e.